The van der Waals surface area contributed by atoms with E-state index in [1.807, 2.05) is 0 Å². The van der Waals surface area contributed by atoms with E-state index in [2.05, 4.69) is 4.72 Å². The quantitative estimate of drug-likeness (QED) is 0.775. The van der Waals surface area contributed by atoms with E-state index in [1.165, 1.54) is 25.3 Å². The van der Waals surface area contributed by atoms with Gasteiger partial charge in [-0.15, -0.1) is 0 Å². The van der Waals surface area contributed by atoms with Gasteiger partial charge in [-0.2, -0.15) is 0 Å². The molecular formula is C16H22N2O6S. The molecule has 2 aliphatic rings. The Morgan fingerprint density at radius 2 is 1.96 bits per heavy atom. The maximum atomic E-state index is 12.7. The Morgan fingerprint density at radius 1 is 1.24 bits per heavy atom. The normalized spacial score (nSPS) is 26.7. The van der Waals surface area contributed by atoms with Crippen LogP contribution in [0.5, 0.6) is 5.75 Å². The largest absolute Gasteiger partial charge is 0.496 e. The first-order valence-corrected chi connectivity index (χ1v) is 9.62. The molecule has 1 aliphatic heterocycles. The average molecular weight is 370 g/mol. The lowest BCUT2D eigenvalue weighted by molar-refractivity contribution is -0.156. The molecule has 9 heteroatoms. The summed E-state index contributed by atoms with van der Waals surface area (Å²) in [5.41, 5.74) is 5.32. The summed E-state index contributed by atoms with van der Waals surface area (Å²) in [7, 11) is -2.40. The summed E-state index contributed by atoms with van der Waals surface area (Å²) < 4.78 is 44.4. The van der Waals surface area contributed by atoms with Crippen LogP contribution >= 0.6 is 0 Å². The lowest BCUT2D eigenvalue weighted by Crippen LogP contribution is -2.49. The number of sulfonamides is 1. The number of nitrogens with two attached hydrogens (primary N) is 1. The van der Waals surface area contributed by atoms with Crippen molar-refractivity contribution in [1.29, 1.82) is 0 Å². The molecule has 138 valence electrons. The minimum atomic E-state index is -3.79. The summed E-state index contributed by atoms with van der Waals surface area (Å²) in [6.45, 7) is 1.11. The van der Waals surface area contributed by atoms with Crippen LogP contribution < -0.4 is 15.2 Å². The standard InChI is InChI=1S/C16H22N2O6S/c1-22-13-5-3-11(9-12(13)16(17)19)25(20,21)18-10-2-4-14-15(8-10)24-7-6-23-14/h3,5,9-10,14-15,18H,2,4,6-8H2,1H3,(H2,17,19)/t10-,14-,15-/m1/s1. The van der Waals surface area contributed by atoms with Gasteiger partial charge in [-0.25, -0.2) is 13.1 Å². The van der Waals surface area contributed by atoms with E-state index in [4.69, 9.17) is 19.9 Å². The maximum absolute atomic E-state index is 12.7. The fourth-order valence-electron chi connectivity index (χ4n) is 3.31. The van der Waals surface area contributed by atoms with Gasteiger partial charge < -0.3 is 19.9 Å². The highest BCUT2D eigenvalue weighted by Gasteiger charge is 2.36. The number of primary amides is 1. The molecule has 1 heterocycles. The van der Waals surface area contributed by atoms with E-state index in [9.17, 15) is 13.2 Å². The molecule has 25 heavy (non-hydrogen) atoms. The smallest absolute Gasteiger partial charge is 0.252 e. The monoisotopic (exact) mass is 370 g/mol. The minimum Gasteiger partial charge on any atom is -0.496 e. The molecule has 1 amide bonds. The Balaban J connectivity index is 1.75. The van der Waals surface area contributed by atoms with Crippen LogP contribution in [0.1, 0.15) is 29.6 Å². The number of fused-ring (bicyclic) bond motifs is 1. The van der Waals surface area contributed by atoms with Crippen molar-refractivity contribution < 1.29 is 27.4 Å². The van der Waals surface area contributed by atoms with Crippen molar-refractivity contribution >= 4 is 15.9 Å². The predicted octanol–water partition coefficient (Wildman–Crippen LogP) is 0.409. The van der Waals surface area contributed by atoms with Crippen molar-refractivity contribution in [2.24, 2.45) is 5.73 Å². The van der Waals surface area contributed by atoms with Crippen molar-refractivity contribution in [3.63, 3.8) is 0 Å². The van der Waals surface area contributed by atoms with Gasteiger partial charge in [0.2, 0.25) is 10.0 Å². The molecule has 0 aromatic heterocycles. The highest BCUT2D eigenvalue weighted by Crippen LogP contribution is 2.28. The van der Waals surface area contributed by atoms with Crippen LogP contribution in [-0.4, -0.2) is 52.9 Å². The summed E-state index contributed by atoms with van der Waals surface area (Å²) >= 11 is 0. The molecule has 1 saturated carbocycles. The second kappa shape index (κ2) is 7.28. The molecule has 0 radical (unpaired) electrons. The lowest BCUT2D eigenvalue weighted by atomic mass is 9.90. The molecule has 3 atom stereocenters. The van der Waals surface area contributed by atoms with Gasteiger partial charge in [0.15, 0.2) is 0 Å². The number of methoxy groups -OCH3 is 1. The van der Waals surface area contributed by atoms with Crippen LogP contribution in [0.15, 0.2) is 23.1 Å². The third-order valence-corrected chi connectivity index (χ3v) is 6.07. The molecule has 3 N–H and O–H groups in total. The Morgan fingerprint density at radius 3 is 2.64 bits per heavy atom. The Labute approximate surface area is 146 Å². The number of amides is 1. The molecular weight excluding hydrogens is 348 g/mol. The SMILES string of the molecule is COc1ccc(S(=O)(=O)N[C@@H]2CC[C@H]3OCCO[C@@H]3C2)cc1C(N)=O. The summed E-state index contributed by atoms with van der Waals surface area (Å²) in [6.07, 6.45) is 1.92. The van der Waals surface area contributed by atoms with Crippen molar-refractivity contribution in [3.05, 3.63) is 23.8 Å². The molecule has 1 aromatic rings. The van der Waals surface area contributed by atoms with E-state index in [0.717, 1.165) is 6.42 Å². The first-order chi connectivity index (χ1) is 11.9. The lowest BCUT2D eigenvalue weighted by Gasteiger charge is -2.38. The third-order valence-electron chi connectivity index (χ3n) is 4.55. The van der Waals surface area contributed by atoms with Crippen LogP contribution in [-0.2, 0) is 19.5 Å². The number of ether oxygens (including phenoxy) is 3. The van der Waals surface area contributed by atoms with Gasteiger partial charge in [0, 0.05) is 6.04 Å². The van der Waals surface area contributed by atoms with Crippen molar-refractivity contribution in [3.8, 4) is 5.75 Å². The van der Waals surface area contributed by atoms with Crippen LogP contribution in [0.2, 0.25) is 0 Å². The van der Waals surface area contributed by atoms with Gasteiger partial charge in [-0.05, 0) is 37.5 Å². The van der Waals surface area contributed by atoms with E-state index in [-0.39, 0.29) is 34.5 Å². The van der Waals surface area contributed by atoms with Crippen LogP contribution in [0.4, 0.5) is 0 Å². The zero-order valence-corrected chi connectivity index (χ0v) is 14.8. The Bertz CT molecular complexity index is 751. The zero-order chi connectivity index (χ0) is 18.0. The fourth-order valence-corrected chi connectivity index (χ4v) is 4.62. The number of carbonyl (C=O) groups excluding carboxylic acids is 1. The predicted molar refractivity (Wildman–Crippen MR) is 89.0 cm³/mol. The second-order valence-electron chi connectivity index (χ2n) is 6.18. The number of nitrogens with one attached hydrogen (secondary N) is 1. The van der Waals surface area contributed by atoms with E-state index < -0.39 is 15.9 Å². The highest BCUT2D eigenvalue weighted by molar-refractivity contribution is 7.89. The van der Waals surface area contributed by atoms with E-state index >= 15 is 0 Å². The average Bonchev–Trinajstić information content (AvgIpc) is 2.60. The van der Waals surface area contributed by atoms with E-state index in [0.29, 0.717) is 26.1 Å². The van der Waals surface area contributed by atoms with Gasteiger partial charge in [-0.3, -0.25) is 4.79 Å². The molecule has 3 rings (SSSR count). The number of rotatable bonds is 5. The van der Waals surface area contributed by atoms with Gasteiger partial charge in [0.25, 0.3) is 5.91 Å². The van der Waals surface area contributed by atoms with Crippen molar-refractivity contribution in [1.82, 2.24) is 4.72 Å². The minimum absolute atomic E-state index is 0.0231. The summed E-state index contributed by atoms with van der Waals surface area (Å²) in [4.78, 5) is 11.5. The van der Waals surface area contributed by atoms with Crippen molar-refractivity contribution in [2.45, 2.75) is 42.4 Å². The van der Waals surface area contributed by atoms with Gasteiger partial charge >= 0.3 is 0 Å². The first-order valence-electron chi connectivity index (χ1n) is 8.14. The number of benzene rings is 1. The molecule has 0 spiro atoms. The topological polar surface area (TPSA) is 117 Å². The van der Waals surface area contributed by atoms with Crippen LogP contribution in [0.25, 0.3) is 0 Å². The third kappa shape index (κ3) is 3.95. The fraction of sp³-hybridized carbons (Fsp3) is 0.562. The Hall–Kier alpha value is -1.68. The Kier molecular flexibility index (Phi) is 5.28. The maximum Gasteiger partial charge on any atom is 0.252 e. The summed E-state index contributed by atoms with van der Waals surface area (Å²) in [5, 5.41) is 0. The molecule has 0 unspecified atom stereocenters. The first kappa shape index (κ1) is 18.1. The molecule has 8 nitrogen and oxygen atoms in total. The molecule has 1 saturated heterocycles. The zero-order valence-electron chi connectivity index (χ0n) is 13.9. The summed E-state index contributed by atoms with van der Waals surface area (Å²) in [6, 6.07) is 3.80. The molecule has 2 fully saturated rings. The van der Waals surface area contributed by atoms with Crippen molar-refractivity contribution in [2.75, 3.05) is 20.3 Å². The highest BCUT2D eigenvalue weighted by atomic mass is 32.2. The van der Waals surface area contributed by atoms with Crippen LogP contribution in [0.3, 0.4) is 0 Å². The van der Waals surface area contributed by atoms with Gasteiger partial charge in [-0.1, -0.05) is 0 Å². The van der Waals surface area contributed by atoms with Gasteiger partial charge in [0.1, 0.15) is 5.75 Å². The van der Waals surface area contributed by atoms with Crippen LogP contribution in [0, 0.1) is 0 Å². The summed E-state index contributed by atoms with van der Waals surface area (Å²) in [5.74, 6) is -0.512. The van der Waals surface area contributed by atoms with Gasteiger partial charge in [0.05, 0.1) is 43.0 Å². The number of carbonyl (C=O) groups is 1. The molecule has 0 bridgehead atoms. The second-order valence-corrected chi connectivity index (χ2v) is 7.89. The molecule has 1 aliphatic carbocycles. The number of hydrogen-bond donors (Lipinski definition) is 2. The molecule has 1 aromatic carbocycles. The number of hydrogen-bond acceptors (Lipinski definition) is 6. The van der Waals surface area contributed by atoms with E-state index in [1.54, 1.807) is 0 Å².